The van der Waals surface area contributed by atoms with Crippen LogP contribution in [0.15, 0.2) is 49.1 Å². The van der Waals surface area contributed by atoms with Crippen LogP contribution in [0.1, 0.15) is 5.56 Å². The highest BCUT2D eigenvalue weighted by Gasteiger charge is 2.28. The van der Waals surface area contributed by atoms with Crippen LogP contribution in [0, 0.1) is 11.6 Å². The maximum absolute atomic E-state index is 13.8. The van der Waals surface area contributed by atoms with Gasteiger partial charge in [-0.2, -0.15) is 4.31 Å². The minimum Gasteiger partial charge on any atom is -0.352 e. The van der Waals surface area contributed by atoms with E-state index in [-0.39, 0.29) is 18.7 Å². The van der Waals surface area contributed by atoms with Crippen molar-refractivity contribution in [1.82, 2.24) is 24.1 Å². The summed E-state index contributed by atoms with van der Waals surface area (Å²) in [6.07, 6.45) is 5.02. The first-order valence-corrected chi connectivity index (χ1v) is 10.5. The fourth-order valence-electron chi connectivity index (χ4n) is 3.16. The fourth-order valence-corrected chi connectivity index (χ4v) is 4.67. The molecule has 0 bridgehead atoms. The first-order chi connectivity index (χ1) is 13.9. The summed E-state index contributed by atoms with van der Waals surface area (Å²) in [7, 11) is -3.76. The van der Waals surface area contributed by atoms with Gasteiger partial charge in [0.1, 0.15) is 18.0 Å². The van der Waals surface area contributed by atoms with Gasteiger partial charge in [-0.25, -0.2) is 22.2 Å². The lowest BCUT2D eigenvalue weighted by atomic mass is 10.2. The molecule has 2 aromatic heterocycles. The van der Waals surface area contributed by atoms with Crippen LogP contribution in [-0.2, 0) is 15.8 Å². The SMILES string of the molecule is O=S(=O)(Cc1cc(F)ccc1F)N1CCN(c2ccc(-n3ccnc3)nn2)CC1. The number of aromatic nitrogens is 4. The Labute approximate surface area is 166 Å². The van der Waals surface area contributed by atoms with Crippen molar-refractivity contribution in [2.24, 2.45) is 0 Å². The second-order valence-electron chi connectivity index (χ2n) is 6.60. The number of piperazine rings is 1. The molecule has 0 unspecified atom stereocenters. The summed E-state index contributed by atoms with van der Waals surface area (Å²) in [5.74, 6) is -0.705. The van der Waals surface area contributed by atoms with E-state index in [2.05, 4.69) is 15.2 Å². The molecule has 0 amide bonds. The summed E-state index contributed by atoms with van der Waals surface area (Å²) in [6.45, 7) is 1.29. The Hall–Kier alpha value is -2.92. The number of rotatable bonds is 5. The summed E-state index contributed by atoms with van der Waals surface area (Å²) < 4.78 is 55.4. The van der Waals surface area contributed by atoms with Crippen molar-refractivity contribution in [3.05, 3.63) is 66.3 Å². The third-order valence-electron chi connectivity index (χ3n) is 4.71. The van der Waals surface area contributed by atoms with E-state index in [1.165, 1.54) is 4.31 Å². The van der Waals surface area contributed by atoms with Crippen LogP contribution in [-0.4, -0.2) is 58.7 Å². The van der Waals surface area contributed by atoms with Crippen molar-refractivity contribution in [2.75, 3.05) is 31.1 Å². The molecule has 0 N–H and O–H groups in total. The molecule has 1 aromatic carbocycles. The second kappa shape index (κ2) is 7.84. The molecule has 0 radical (unpaired) electrons. The van der Waals surface area contributed by atoms with E-state index in [0.717, 1.165) is 18.2 Å². The van der Waals surface area contributed by atoms with Crippen LogP contribution in [0.5, 0.6) is 0 Å². The Morgan fingerprint density at radius 3 is 2.34 bits per heavy atom. The lowest BCUT2D eigenvalue weighted by molar-refractivity contribution is 0.382. The Morgan fingerprint density at radius 2 is 1.69 bits per heavy atom. The third-order valence-corrected chi connectivity index (χ3v) is 6.53. The maximum Gasteiger partial charge on any atom is 0.218 e. The molecule has 3 aromatic rings. The smallest absolute Gasteiger partial charge is 0.218 e. The van der Waals surface area contributed by atoms with E-state index in [1.807, 2.05) is 11.0 Å². The highest BCUT2D eigenvalue weighted by Crippen LogP contribution is 2.19. The molecule has 0 aliphatic carbocycles. The molecule has 8 nitrogen and oxygen atoms in total. The van der Waals surface area contributed by atoms with Gasteiger partial charge in [-0.1, -0.05) is 0 Å². The fraction of sp³-hybridized carbons (Fsp3) is 0.278. The lowest BCUT2D eigenvalue weighted by Crippen LogP contribution is -2.49. The van der Waals surface area contributed by atoms with Crippen LogP contribution < -0.4 is 4.90 Å². The molecule has 1 aliphatic heterocycles. The number of hydrogen-bond donors (Lipinski definition) is 0. The molecule has 1 saturated heterocycles. The third kappa shape index (κ3) is 4.25. The van der Waals surface area contributed by atoms with Crippen LogP contribution >= 0.6 is 0 Å². The van der Waals surface area contributed by atoms with E-state index >= 15 is 0 Å². The predicted molar refractivity (Wildman–Crippen MR) is 102 cm³/mol. The van der Waals surface area contributed by atoms with E-state index in [4.69, 9.17) is 0 Å². The molecule has 0 saturated carbocycles. The zero-order valence-corrected chi connectivity index (χ0v) is 16.1. The minimum absolute atomic E-state index is 0.173. The average molecular weight is 420 g/mol. The number of anilines is 1. The lowest BCUT2D eigenvalue weighted by Gasteiger charge is -2.34. The standard InChI is InChI=1S/C18H18F2N6O2S/c19-15-1-2-16(20)14(11-15)12-29(27,28)26-9-7-24(8-10-26)17-3-4-18(23-22-17)25-6-5-21-13-25/h1-6,11,13H,7-10,12H2. The molecule has 29 heavy (non-hydrogen) atoms. The molecule has 3 heterocycles. The molecular weight excluding hydrogens is 402 g/mol. The highest BCUT2D eigenvalue weighted by molar-refractivity contribution is 7.88. The summed E-state index contributed by atoms with van der Waals surface area (Å²) in [5, 5.41) is 8.36. The van der Waals surface area contributed by atoms with Crippen molar-refractivity contribution >= 4 is 15.8 Å². The van der Waals surface area contributed by atoms with Gasteiger partial charge >= 0.3 is 0 Å². The molecular formula is C18H18F2N6O2S. The maximum atomic E-state index is 13.8. The number of sulfonamides is 1. The van der Waals surface area contributed by atoms with Gasteiger partial charge in [0.25, 0.3) is 0 Å². The average Bonchev–Trinajstić information content (AvgIpc) is 3.26. The summed E-state index contributed by atoms with van der Waals surface area (Å²) in [5.41, 5.74) is -0.173. The summed E-state index contributed by atoms with van der Waals surface area (Å²) >= 11 is 0. The van der Waals surface area contributed by atoms with Gasteiger partial charge in [-0.15, -0.1) is 10.2 Å². The zero-order valence-electron chi connectivity index (χ0n) is 15.3. The number of benzene rings is 1. The Morgan fingerprint density at radius 1 is 0.966 bits per heavy atom. The Bertz CT molecular complexity index is 1080. The van der Waals surface area contributed by atoms with Gasteiger partial charge in [-0.3, -0.25) is 4.57 Å². The van der Waals surface area contributed by atoms with E-state index in [0.29, 0.717) is 24.7 Å². The highest BCUT2D eigenvalue weighted by atomic mass is 32.2. The molecule has 0 spiro atoms. The van der Waals surface area contributed by atoms with Crippen molar-refractivity contribution in [3.8, 4) is 5.82 Å². The summed E-state index contributed by atoms with van der Waals surface area (Å²) in [6, 6.07) is 6.43. The van der Waals surface area contributed by atoms with Crippen LogP contribution in [0.4, 0.5) is 14.6 Å². The quantitative estimate of drug-likeness (QED) is 0.623. The number of hydrogen-bond acceptors (Lipinski definition) is 6. The van der Waals surface area contributed by atoms with Gasteiger partial charge in [-0.05, 0) is 30.3 Å². The van der Waals surface area contributed by atoms with Gasteiger partial charge in [0, 0.05) is 44.1 Å². The monoisotopic (exact) mass is 420 g/mol. The first-order valence-electron chi connectivity index (χ1n) is 8.91. The first kappa shape index (κ1) is 19.4. The molecule has 0 atom stereocenters. The van der Waals surface area contributed by atoms with Crippen molar-refractivity contribution < 1.29 is 17.2 Å². The van der Waals surface area contributed by atoms with Gasteiger partial charge in [0.05, 0.1) is 5.75 Å². The Balaban J connectivity index is 1.40. The minimum atomic E-state index is -3.76. The second-order valence-corrected chi connectivity index (χ2v) is 8.57. The number of nitrogens with zero attached hydrogens (tertiary/aromatic N) is 6. The van der Waals surface area contributed by atoms with Crippen LogP contribution in [0.3, 0.4) is 0 Å². The topological polar surface area (TPSA) is 84.2 Å². The molecule has 4 rings (SSSR count). The van der Waals surface area contributed by atoms with Gasteiger partial charge in [0.2, 0.25) is 10.0 Å². The molecule has 152 valence electrons. The van der Waals surface area contributed by atoms with E-state index in [9.17, 15) is 17.2 Å². The molecule has 11 heteroatoms. The van der Waals surface area contributed by atoms with E-state index in [1.54, 1.807) is 29.4 Å². The van der Waals surface area contributed by atoms with Crippen molar-refractivity contribution in [2.45, 2.75) is 5.75 Å². The van der Waals surface area contributed by atoms with Crippen LogP contribution in [0.2, 0.25) is 0 Å². The Kier molecular flexibility index (Phi) is 5.24. The normalized spacial score (nSPS) is 15.6. The van der Waals surface area contributed by atoms with E-state index < -0.39 is 27.4 Å². The molecule has 1 fully saturated rings. The van der Waals surface area contributed by atoms with Crippen molar-refractivity contribution in [1.29, 1.82) is 0 Å². The van der Waals surface area contributed by atoms with Gasteiger partial charge < -0.3 is 4.90 Å². The summed E-state index contributed by atoms with van der Waals surface area (Å²) in [4.78, 5) is 5.89. The van der Waals surface area contributed by atoms with Gasteiger partial charge in [0.15, 0.2) is 11.6 Å². The number of halogens is 2. The van der Waals surface area contributed by atoms with Crippen molar-refractivity contribution in [3.63, 3.8) is 0 Å². The molecule has 1 aliphatic rings. The zero-order chi connectivity index (χ0) is 20.4. The van der Waals surface area contributed by atoms with Crippen LogP contribution in [0.25, 0.3) is 5.82 Å². The largest absolute Gasteiger partial charge is 0.352 e. The predicted octanol–water partition coefficient (Wildman–Crippen LogP) is 1.59. The number of imidazole rings is 1.